The molecule has 1 aromatic heterocycles. The van der Waals surface area contributed by atoms with Gasteiger partial charge in [0.2, 0.25) is 0 Å². The summed E-state index contributed by atoms with van der Waals surface area (Å²) in [6.07, 6.45) is -0.759. The smallest absolute Gasteiger partial charge is 0.186 e. The maximum absolute atomic E-state index is 10.7. The van der Waals surface area contributed by atoms with Crippen molar-refractivity contribution in [2.24, 2.45) is 0 Å². The molecule has 2 N–H and O–H groups in total. The van der Waals surface area contributed by atoms with Gasteiger partial charge in [0.1, 0.15) is 12.7 Å². The van der Waals surface area contributed by atoms with E-state index < -0.39 is 18.5 Å². The first kappa shape index (κ1) is 9.38. The number of aliphatic hydroxyl groups excluding tert-OH is 2. The van der Waals surface area contributed by atoms with Gasteiger partial charge >= 0.3 is 0 Å². The van der Waals surface area contributed by atoms with Crippen LogP contribution >= 0.6 is 11.3 Å². The summed E-state index contributed by atoms with van der Waals surface area (Å²) >= 11 is 1.49. The molecule has 1 unspecified atom stereocenters. The normalized spacial score (nSPS) is 12.8. The van der Waals surface area contributed by atoms with E-state index in [1.807, 2.05) is 17.5 Å². The number of hydrogen-bond acceptors (Lipinski definition) is 4. The monoisotopic (exact) mass is 186 g/mol. The van der Waals surface area contributed by atoms with E-state index in [0.717, 1.165) is 4.88 Å². The molecular weight excluding hydrogens is 176 g/mol. The largest absolute Gasteiger partial charge is 0.388 e. The van der Waals surface area contributed by atoms with Gasteiger partial charge in [0.05, 0.1) is 0 Å². The average molecular weight is 186 g/mol. The van der Waals surface area contributed by atoms with E-state index in [0.29, 0.717) is 6.42 Å². The number of Topliss-reactive ketones (excluding diaryl/α,β-unsaturated/α-hetero) is 1. The van der Waals surface area contributed by atoms with Gasteiger partial charge in [-0.05, 0) is 11.4 Å². The first-order valence-electron chi connectivity index (χ1n) is 3.58. The Hall–Kier alpha value is -0.710. The summed E-state index contributed by atoms with van der Waals surface area (Å²) in [7, 11) is 0. The Morgan fingerprint density at radius 1 is 1.67 bits per heavy atom. The standard InChI is InChI=1S/C8H10O3S/c9-5-8(11)7(10)4-6-2-1-3-12-6/h1-3,7,9-10H,4-5H2. The molecule has 3 nitrogen and oxygen atoms in total. The number of hydrogen-bond donors (Lipinski definition) is 2. The third-order valence-electron chi connectivity index (χ3n) is 1.50. The van der Waals surface area contributed by atoms with Gasteiger partial charge in [-0.25, -0.2) is 0 Å². The van der Waals surface area contributed by atoms with Crippen LogP contribution < -0.4 is 0 Å². The second-order valence-corrected chi connectivity index (χ2v) is 3.46. The number of carbonyl (C=O) groups is 1. The summed E-state index contributed by atoms with van der Waals surface area (Å²) < 4.78 is 0. The fourth-order valence-corrected chi connectivity index (χ4v) is 1.58. The zero-order valence-corrected chi connectivity index (χ0v) is 7.25. The molecule has 0 fully saturated rings. The molecule has 0 aliphatic rings. The van der Waals surface area contributed by atoms with Crippen molar-refractivity contribution in [3.8, 4) is 0 Å². The number of rotatable bonds is 4. The van der Waals surface area contributed by atoms with Gasteiger partial charge < -0.3 is 10.2 Å². The topological polar surface area (TPSA) is 57.5 Å². The third-order valence-corrected chi connectivity index (χ3v) is 2.40. The second kappa shape index (κ2) is 4.35. The Balaban J connectivity index is 2.47. The summed E-state index contributed by atoms with van der Waals surface area (Å²) in [6, 6.07) is 3.70. The van der Waals surface area contributed by atoms with Crippen molar-refractivity contribution in [3.63, 3.8) is 0 Å². The van der Waals surface area contributed by atoms with Crippen molar-refractivity contribution in [1.82, 2.24) is 0 Å². The Morgan fingerprint density at radius 3 is 2.92 bits per heavy atom. The van der Waals surface area contributed by atoms with Gasteiger partial charge in [-0.3, -0.25) is 4.79 Å². The van der Waals surface area contributed by atoms with E-state index >= 15 is 0 Å². The first-order chi connectivity index (χ1) is 5.74. The summed E-state index contributed by atoms with van der Waals surface area (Å²) in [6.45, 7) is -0.591. The zero-order valence-electron chi connectivity index (χ0n) is 6.43. The second-order valence-electron chi connectivity index (χ2n) is 2.42. The molecule has 0 bridgehead atoms. The van der Waals surface area contributed by atoms with Gasteiger partial charge in [0.25, 0.3) is 0 Å². The molecule has 66 valence electrons. The lowest BCUT2D eigenvalue weighted by Gasteiger charge is -2.04. The van der Waals surface area contributed by atoms with Crippen LogP contribution in [0.15, 0.2) is 17.5 Å². The lowest BCUT2D eigenvalue weighted by atomic mass is 10.1. The molecule has 0 amide bonds. The molecule has 1 aromatic rings. The quantitative estimate of drug-likeness (QED) is 0.707. The van der Waals surface area contributed by atoms with Gasteiger partial charge in [-0.15, -0.1) is 11.3 Å². The number of aliphatic hydroxyl groups is 2. The average Bonchev–Trinajstić information content (AvgIpc) is 2.55. The highest BCUT2D eigenvalue weighted by Gasteiger charge is 2.14. The predicted molar refractivity (Wildman–Crippen MR) is 46.1 cm³/mol. The maximum atomic E-state index is 10.7. The maximum Gasteiger partial charge on any atom is 0.186 e. The highest BCUT2D eigenvalue weighted by atomic mass is 32.1. The van der Waals surface area contributed by atoms with Crippen molar-refractivity contribution >= 4 is 17.1 Å². The number of carbonyl (C=O) groups excluding carboxylic acids is 1. The minimum Gasteiger partial charge on any atom is -0.388 e. The van der Waals surface area contributed by atoms with E-state index in [1.54, 1.807) is 0 Å². The Morgan fingerprint density at radius 2 is 2.42 bits per heavy atom. The summed E-state index contributed by atoms with van der Waals surface area (Å²) in [5.41, 5.74) is 0. The predicted octanol–water partition coefficient (Wildman–Crippen LogP) is 0.213. The minimum absolute atomic E-state index is 0.303. The van der Waals surface area contributed by atoms with Crippen molar-refractivity contribution in [2.45, 2.75) is 12.5 Å². The Kier molecular flexibility index (Phi) is 3.40. The summed E-state index contributed by atoms with van der Waals surface area (Å²) in [4.78, 5) is 11.7. The third kappa shape index (κ3) is 2.41. The van der Waals surface area contributed by atoms with E-state index in [9.17, 15) is 9.90 Å². The van der Waals surface area contributed by atoms with E-state index in [-0.39, 0.29) is 0 Å². The van der Waals surface area contributed by atoms with Gasteiger partial charge in [-0.1, -0.05) is 6.07 Å². The van der Waals surface area contributed by atoms with Crippen LogP contribution in [0.2, 0.25) is 0 Å². The van der Waals surface area contributed by atoms with Crippen LogP contribution in [0.5, 0.6) is 0 Å². The molecule has 1 atom stereocenters. The van der Waals surface area contributed by atoms with Gasteiger partial charge in [0, 0.05) is 11.3 Å². The molecule has 1 heterocycles. The Bertz CT molecular complexity index is 243. The van der Waals surface area contributed by atoms with E-state index in [2.05, 4.69) is 0 Å². The van der Waals surface area contributed by atoms with Gasteiger partial charge in [0.15, 0.2) is 5.78 Å². The molecule has 0 aromatic carbocycles. The highest BCUT2D eigenvalue weighted by molar-refractivity contribution is 7.09. The fraction of sp³-hybridized carbons (Fsp3) is 0.375. The first-order valence-corrected chi connectivity index (χ1v) is 4.46. The number of thiophene rings is 1. The van der Waals surface area contributed by atoms with E-state index in [1.165, 1.54) is 11.3 Å². The highest BCUT2D eigenvalue weighted by Crippen LogP contribution is 2.11. The molecule has 12 heavy (non-hydrogen) atoms. The van der Waals surface area contributed by atoms with Crippen molar-refractivity contribution in [1.29, 1.82) is 0 Å². The SMILES string of the molecule is O=C(CO)C(O)Cc1cccs1. The van der Waals surface area contributed by atoms with Crippen LogP contribution in [-0.4, -0.2) is 28.7 Å². The van der Waals surface area contributed by atoms with Crippen LogP contribution in [-0.2, 0) is 11.2 Å². The lowest BCUT2D eigenvalue weighted by molar-refractivity contribution is -0.129. The summed E-state index contributed by atoms with van der Waals surface area (Å²) in [5.74, 6) is -0.525. The molecular formula is C8H10O3S. The molecule has 0 aliphatic heterocycles. The van der Waals surface area contributed by atoms with E-state index in [4.69, 9.17) is 5.11 Å². The summed E-state index contributed by atoms with van der Waals surface area (Å²) in [5, 5.41) is 19.5. The Labute approximate surface area is 74.3 Å². The number of ketones is 1. The molecule has 0 spiro atoms. The van der Waals surface area contributed by atoms with Crippen LogP contribution in [0.1, 0.15) is 4.88 Å². The molecule has 0 aliphatic carbocycles. The zero-order chi connectivity index (χ0) is 8.97. The molecule has 0 radical (unpaired) electrons. The van der Waals surface area contributed by atoms with Crippen molar-refractivity contribution < 1.29 is 15.0 Å². The van der Waals surface area contributed by atoms with Crippen LogP contribution in [0, 0.1) is 0 Å². The molecule has 1 rings (SSSR count). The van der Waals surface area contributed by atoms with Crippen LogP contribution in [0.25, 0.3) is 0 Å². The molecule has 0 saturated carbocycles. The van der Waals surface area contributed by atoms with Crippen molar-refractivity contribution in [2.75, 3.05) is 6.61 Å². The molecule has 4 heteroatoms. The van der Waals surface area contributed by atoms with Crippen molar-refractivity contribution in [3.05, 3.63) is 22.4 Å². The van der Waals surface area contributed by atoms with Crippen LogP contribution in [0.4, 0.5) is 0 Å². The fourth-order valence-electron chi connectivity index (χ4n) is 0.839. The molecule has 0 saturated heterocycles. The minimum atomic E-state index is -1.06. The van der Waals surface area contributed by atoms with Gasteiger partial charge in [-0.2, -0.15) is 0 Å². The van der Waals surface area contributed by atoms with Crippen LogP contribution in [0.3, 0.4) is 0 Å². The lowest BCUT2D eigenvalue weighted by Crippen LogP contribution is -2.25.